The molecule has 102 valence electrons. The van der Waals surface area contributed by atoms with Crippen LogP contribution in [-0.4, -0.2) is 14.1 Å². The quantitative estimate of drug-likeness (QED) is 0.837. The fraction of sp³-hybridized carbons (Fsp3) is 0.188. The normalized spacial score (nSPS) is 9.90. The van der Waals surface area contributed by atoms with E-state index in [0.717, 1.165) is 17.1 Å². The van der Waals surface area contributed by atoms with E-state index in [0.29, 0.717) is 11.3 Å². The number of hydrogen-bond acceptors (Lipinski definition) is 4. The van der Waals surface area contributed by atoms with E-state index in [1.807, 2.05) is 32.3 Å². The number of nitrogens with zero attached hydrogens (tertiary/aromatic N) is 2. The zero-order valence-corrected chi connectivity index (χ0v) is 11.9. The van der Waals surface area contributed by atoms with Crippen LogP contribution in [0.25, 0.3) is 0 Å². The molecule has 0 heterocycles. The predicted molar refractivity (Wildman–Crippen MR) is 84.4 cm³/mol. The molecule has 0 aliphatic heterocycles. The second kappa shape index (κ2) is 5.54. The Morgan fingerprint density at radius 1 is 1.20 bits per heavy atom. The molecule has 0 saturated carbocycles. The summed E-state index contributed by atoms with van der Waals surface area (Å²) in [7, 11) is 4.02. The van der Waals surface area contributed by atoms with Gasteiger partial charge in [0.25, 0.3) is 0 Å². The fourth-order valence-electron chi connectivity index (χ4n) is 2.10. The van der Waals surface area contributed by atoms with Crippen molar-refractivity contribution >= 4 is 22.7 Å². The zero-order chi connectivity index (χ0) is 14.7. The number of aryl methyl sites for hydroxylation is 1. The van der Waals surface area contributed by atoms with Crippen molar-refractivity contribution in [1.29, 1.82) is 5.26 Å². The molecule has 0 aliphatic rings. The van der Waals surface area contributed by atoms with E-state index in [9.17, 15) is 0 Å². The van der Waals surface area contributed by atoms with E-state index in [1.165, 1.54) is 5.56 Å². The van der Waals surface area contributed by atoms with Crippen molar-refractivity contribution < 1.29 is 0 Å². The molecule has 0 radical (unpaired) electrons. The summed E-state index contributed by atoms with van der Waals surface area (Å²) in [6.07, 6.45) is 0. The molecule has 4 heteroatoms. The highest BCUT2D eigenvalue weighted by molar-refractivity contribution is 5.78. The van der Waals surface area contributed by atoms with Gasteiger partial charge >= 0.3 is 0 Å². The maximum absolute atomic E-state index is 9.00. The van der Waals surface area contributed by atoms with Gasteiger partial charge in [-0.3, -0.25) is 0 Å². The van der Waals surface area contributed by atoms with Crippen molar-refractivity contribution in [1.82, 2.24) is 0 Å². The number of nitrogens with two attached hydrogens (primary N) is 1. The van der Waals surface area contributed by atoms with Crippen LogP contribution >= 0.6 is 0 Å². The van der Waals surface area contributed by atoms with Gasteiger partial charge in [-0.25, -0.2) is 0 Å². The van der Waals surface area contributed by atoms with Crippen molar-refractivity contribution in [3.05, 3.63) is 47.5 Å². The lowest BCUT2D eigenvalue weighted by Gasteiger charge is -2.18. The minimum atomic E-state index is 0.474. The van der Waals surface area contributed by atoms with Gasteiger partial charge in [-0.15, -0.1) is 0 Å². The van der Waals surface area contributed by atoms with Crippen LogP contribution in [0.2, 0.25) is 0 Å². The van der Waals surface area contributed by atoms with E-state index >= 15 is 0 Å². The summed E-state index contributed by atoms with van der Waals surface area (Å²) in [4.78, 5) is 2.07. The van der Waals surface area contributed by atoms with Gasteiger partial charge in [0.2, 0.25) is 0 Å². The molecule has 0 unspecified atom stereocenters. The Bertz CT molecular complexity index is 669. The van der Waals surface area contributed by atoms with E-state index in [-0.39, 0.29) is 0 Å². The summed E-state index contributed by atoms with van der Waals surface area (Å²) < 4.78 is 0. The molecular formula is C16H18N4. The van der Waals surface area contributed by atoms with Gasteiger partial charge in [0.05, 0.1) is 16.9 Å². The van der Waals surface area contributed by atoms with E-state index in [2.05, 4.69) is 35.3 Å². The van der Waals surface area contributed by atoms with Crippen LogP contribution in [0.5, 0.6) is 0 Å². The van der Waals surface area contributed by atoms with Gasteiger partial charge in [0.1, 0.15) is 6.07 Å². The largest absolute Gasteiger partial charge is 0.396 e. The molecule has 0 atom stereocenters. The molecule has 0 spiro atoms. The molecule has 0 bridgehead atoms. The summed E-state index contributed by atoms with van der Waals surface area (Å²) >= 11 is 0. The first-order valence-electron chi connectivity index (χ1n) is 6.36. The lowest BCUT2D eigenvalue weighted by Crippen LogP contribution is -2.10. The first-order chi connectivity index (χ1) is 9.52. The Kier molecular flexibility index (Phi) is 3.81. The van der Waals surface area contributed by atoms with Crippen molar-refractivity contribution in [2.45, 2.75) is 6.92 Å². The smallest absolute Gasteiger partial charge is 0.101 e. The first kappa shape index (κ1) is 13.8. The SMILES string of the molecule is Cc1ccc(Nc2cccc(C#N)c2N)cc1N(C)C. The maximum Gasteiger partial charge on any atom is 0.101 e. The predicted octanol–water partition coefficient (Wildman–Crippen LogP) is 3.26. The van der Waals surface area contributed by atoms with Gasteiger partial charge in [0.15, 0.2) is 0 Å². The third-order valence-electron chi connectivity index (χ3n) is 3.20. The van der Waals surface area contributed by atoms with Crippen molar-refractivity contribution in [3.63, 3.8) is 0 Å². The lowest BCUT2D eigenvalue weighted by molar-refractivity contribution is 1.11. The van der Waals surface area contributed by atoms with E-state index < -0.39 is 0 Å². The molecule has 0 fully saturated rings. The van der Waals surface area contributed by atoms with Gasteiger partial charge in [-0.05, 0) is 36.8 Å². The number of nitriles is 1. The zero-order valence-electron chi connectivity index (χ0n) is 11.9. The van der Waals surface area contributed by atoms with Crippen molar-refractivity contribution in [2.24, 2.45) is 0 Å². The van der Waals surface area contributed by atoms with Crippen molar-refractivity contribution in [2.75, 3.05) is 30.0 Å². The van der Waals surface area contributed by atoms with Crippen LogP contribution in [0, 0.1) is 18.3 Å². The topological polar surface area (TPSA) is 65.1 Å². The molecule has 2 aromatic carbocycles. The number of rotatable bonds is 3. The Morgan fingerprint density at radius 3 is 2.60 bits per heavy atom. The molecule has 2 rings (SSSR count). The number of hydrogen-bond donors (Lipinski definition) is 2. The van der Waals surface area contributed by atoms with Crippen LogP contribution in [0.15, 0.2) is 36.4 Å². The molecule has 0 saturated heterocycles. The van der Waals surface area contributed by atoms with Crippen LogP contribution in [0.1, 0.15) is 11.1 Å². The van der Waals surface area contributed by atoms with Crippen LogP contribution < -0.4 is 16.0 Å². The van der Waals surface area contributed by atoms with Crippen LogP contribution in [0.4, 0.5) is 22.7 Å². The number of para-hydroxylation sites is 1. The maximum atomic E-state index is 9.00. The first-order valence-corrected chi connectivity index (χ1v) is 6.36. The molecule has 4 nitrogen and oxygen atoms in total. The number of benzene rings is 2. The average molecular weight is 266 g/mol. The summed E-state index contributed by atoms with van der Waals surface area (Å²) in [6, 6.07) is 13.6. The minimum absolute atomic E-state index is 0.474. The summed E-state index contributed by atoms with van der Waals surface area (Å²) in [5, 5.41) is 12.3. The molecular weight excluding hydrogens is 248 g/mol. The van der Waals surface area contributed by atoms with Gasteiger partial charge in [-0.2, -0.15) is 5.26 Å². The third-order valence-corrected chi connectivity index (χ3v) is 3.20. The van der Waals surface area contributed by atoms with Crippen LogP contribution in [-0.2, 0) is 0 Å². The summed E-state index contributed by atoms with van der Waals surface area (Å²) in [5.41, 5.74) is 11.0. The molecule has 0 amide bonds. The third kappa shape index (κ3) is 2.67. The monoisotopic (exact) mass is 266 g/mol. The van der Waals surface area contributed by atoms with Crippen molar-refractivity contribution in [3.8, 4) is 6.07 Å². The second-order valence-electron chi connectivity index (χ2n) is 4.90. The Labute approximate surface area is 119 Å². The molecule has 2 aromatic rings. The highest BCUT2D eigenvalue weighted by Gasteiger charge is 2.06. The molecule has 0 aliphatic carbocycles. The number of nitrogens with one attached hydrogen (secondary N) is 1. The van der Waals surface area contributed by atoms with Crippen LogP contribution in [0.3, 0.4) is 0 Å². The summed E-state index contributed by atoms with van der Waals surface area (Å²) in [6.45, 7) is 2.07. The van der Waals surface area contributed by atoms with E-state index in [1.54, 1.807) is 6.07 Å². The fourth-order valence-corrected chi connectivity index (χ4v) is 2.10. The number of anilines is 4. The highest BCUT2D eigenvalue weighted by atomic mass is 15.1. The summed E-state index contributed by atoms with van der Waals surface area (Å²) in [5.74, 6) is 0. The minimum Gasteiger partial charge on any atom is -0.396 e. The van der Waals surface area contributed by atoms with Gasteiger partial charge in [0, 0.05) is 25.5 Å². The molecule has 0 aromatic heterocycles. The lowest BCUT2D eigenvalue weighted by atomic mass is 10.1. The molecule has 20 heavy (non-hydrogen) atoms. The Hall–Kier alpha value is -2.67. The standard InChI is InChI=1S/C16H18N4/c1-11-7-8-13(9-15(11)20(2)3)19-14-6-4-5-12(10-17)16(14)18/h4-9,19H,18H2,1-3H3. The van der Waals surface area contributed by atoms with Gasteiger partial charge in [-0.1, -0.05) is 12.1 Å². The van der Waals surface area contributed by atoms with Gasteiger partial charge < -0.3 is 16.0 Å². The van der Waals surface area contributed by atoms with E-state index in [4.69, 9.17) is 11.0 Å². The Balaban J connectivity index is 2.36. The molecule has 3 N–H and O–H groups in total. The second-order valence-corrected chi connectivity index (χ2v) is 4.90. The average Bonchev–Trinajstić information content (AvgIpc) is 2.43. The number of nitrogen functional groups attached to an aromatic ring is 1. The Morgan fingerprint density at radius 2 is 1.95 bits per heavy atom. The highest BCUT2D eigenvalue weighted by Crippen LogP contribution is 2.29.